The Bertz CT molecular complexity index is 1900. The third kappa shape index (κ3) is 3.62. The maximum atomic E-state index is 12.8. The highest BCUT2D eigenvalue weighted by molar-refractivity contribution is 6.31. The Balaban J connectivity index is 1.30. The fourth-order valence-electron chi connectivity index (χ4n) is 4.74. The molecule has 8 nitrogen and oxygen atoms in total. The number of fused-ring (bicyclic) bond motifs is 5. The summed E-state index contributed by atoms with van der Waals surface area (Å²) in [5.74, 6) is 2.12. The van der Waals surface area contributed by atoms with Gasteiger partial charge in [-0.3, -0.25) is 9.20 Å². The lowest BCUT2D eigenvalue weighted by atomic mass is 10.0. The molecule has 0 unspecified atom stereocenters. The van der Waals surface area contributed by atoms with Gasteiger partial charge in [-0.2, -0.15) is 4.98 Å². The van der Waals surface area contributed by atoms with Gasteiger partial charge in [-0.1, -0.05) is 41.9 Å². The number of para-hydroxylation sites is 2. The van der Waals surface area contributed by atoms with Crippen molar-refractivity contribution >= 4 is 51.4 Å². The summed E-state index contributed by atoms with van der Waals surface area (Å²) in [5.41, 5.74) is 4.80. The zero-order valence-corrected chi connectivity index (χ0v) is 20.8. The summed E-state index contributed by atoms with van der Waals surface area (Å²) in [5, 5.41) is 12.6. The van der Waals surface area contributed by atoms with Gasteiger partial charge in [-0.25, -0.2) is 0 Å². The molecule has 9 heteroatoms. The third-order valence-electron chi connectivity index (χ3n) is 6.66. The van der Waals surface area contributed by atoms with Crippen molar-refractivity contribution in [1.82, 2.24) is 19.6 Å². The lowest BCUT2D eigenvalue weighted by molar-refractivity contribution is 0.102. The first-order valence-electron chi connectivity index (χ1n) is 11.9. The van der Waals surface area contributed by atoms with Gasteiger partial charge in [0.05, 0.1) is 16.8 Å². The number of hydrogen-bond donors (Lipinski definition) is 1. The van der Waals surface area contributed by atoms with Crippen LogP contribution in [0.25, 0.3) is 27.8 Å². The molecule has 4 aromatic carbocycles. The molecule has 1 aliphatic heterocycles. The second kappa shape index (κ2) is 8.57. The monoisotopic (exact) mass is 518 g/mol. The molecule has 2 aromatic heterocycles. The van der Waals surface area contributed by atoms with Crippen LogP contribution in [0.5, 0.6) is 11.5 Å². The molecular weight excluding hydrogens is 500 g/mol. The van der Waals surface area contributed by atoms with Crippen molar-refractivity contribution in [2.75, 3.05) is 17.3 Å². The van der Waals surface area contributed by atoms with Crippen LogP contribution in [0.3, 0.4) is 0 Å². The van der Waals surface area contributed by atoms with Crippen molar-refractivity contribution in [1.29, 1.82) is 0 Å². The number of carbonyl (C=O) groups is 1. The minimum absolute atomic E-state index is 0.202. The van der Waals surface area contributed by atoms with E-state index < -0.39 is 0 Å². The SMILES string of the molecule is CN(c1cccc(-c2ccc3c(c2)Oc2ccccc2NC3=O)c1)c1nc2nncn2c2cc(Cl)ccc12. The van der Waals surface area contributed by atoms with Crippen LogP contribution in [-0.2, 0) is 0 Å². The molecule has 0 saturated heterocycles. The molecule has 0 fully saturated rings. The summed E-state index contributed by atoms with van der Waals surface area (Å²) in [6, 6.07) is 26.8. The van der Waals surface area contributed by atoms with E-state index in [2.05, 4.69) is 21.6 Å². The van der Waals surface area contributed by atoms with Gasteiger partial charge in [-0.05, 0) is 65.7 Å². The Morgan fingerprint density at radius 2 is 1.79 bits per heavy atom. The molecule has 0 aliphatic carbocycles. The van der Waals surface area contributed by atoms with Gasteiger partial charge >= 0.3 is 0 Å². The molecule has 7 rings (SSSR count). The van der Waals surface area contributed by atoms with Gasteiger partial charge in [0.25, 0.3) is 11.7 Å². The number of halogens is 1. The van der Waals surface area contributed by atoms with Crippen LogP contribution < -0.4 is 15.0 Å². The molecule has 0 radical (unpaired) electrons. The van der Waals surface area contributed by atoms with E-state index in [0.29, 0.717) is 33.6 Å². The predicted molar refractivity (Wildman–Crippen MR) is 148 cm³/mol. The van der Waals surface area contributed by atoms with E-state index in [4.69, 9.17) is 21.3 Å². The number of hydrogen-bond acceptors (Lipinski definition) is 6. The van der Waals surface area contributed by atoms with Crippen molar-refractivity contribution in [3.05, 3.63) is 102 Å². The maximum absolute atomic E-state index is 12.8. The van der Waals surface area contributed by atoms with Crippen LogP contribution in [0.4, 0.5) is 17.2 Å². The summed E-state index contributed by atoms with van der Waals surface area (Å²) in [6.45, 7) is 0. The zero-order valence-electron chi connectivity index (χ0n) is 20.1. The lowest BCUT2D eigenvalue weighted by Crippen LogP contribution is -2.13. The number of anilines is 3. The number of amides is 1. The van der Waals surface area contributed by atoms with Crippen molar-refractivity contribution < 1.29 is 9.53 Å². The van der Waals surface area contributed by atoms with Gasteiger partial charge in [0.1, 0.15) is 17.9 Å². The Hall–Kier alpha value is -4.95. The van der Waals surface area contributed by atoms with Crippen LogP contribution in [-0.4, -0.2) is 32.5 Å². The van der Waals surface area contributed by atoms with E-state index in [-0.39, 0.29) is 5.91 Å². The molecule has 1 aliphatic rings. The second-order valence-electron chi connectivity index (χ2n) is 8.97. The number of nitrogens with one attached hydrogen (secondary N) is 1. The Morgan fingerprint density at radius 3 is 2.71 bits per heavy atom. The van der Waals surface area contributed by atoms with E-state index in [9.17, 15) is 4.79 Å². The Morgan fingerprint density at radius 1 is 0.921 bits per heavy atom. The van der Waals surface area contributed by atoms with Crippen molar-refractivity contribution in [2.45, 2.75) is 0 Å². The van der Waals surface area contributed by atoms with Gasteiger partial charge < -0.3 is 15.0 Å². The number of aromatic nitrogens is 4. The number of nitrogens with zero attached hydrogens (tertiary/aromatic N) is 5. The molecule has 184 valence electrons. The van der Waals surface area contributed by atoms with Gasteiger partial charge in [0, 0.05) is 23.1 Å². The van der Waals surface area contributed by atoms with Crippen LogP contribution in [0.1, 0.15) is 10.4 Å². The average molecular weight is 519 g/mol. The molecule has 0 bridgehead atoms. The van der Waals surface area contributed by atoms with Crippen molar-refractivity contribution in [3.63, 3.8) is 0 Å². The summed E-state index contributed by atoms with van der Waals surface area (Å²) < 4.78 is 7.96. The fourth-order valence-corrected chi connectivity index (χ4v) is 4.90. The number of ether oxygens (including phenoxy) is 1. The number of benzene rings is 4. The predicted octanol–water partition coefficient (Wildman–Crippen LogP) is 6.72. The minimum Gasteiger partial charge on any atom is -0.454 e. The molecular formula is C29H19ClN6O2. The smallest absolute Gasteiger partial charge is 0.259 e. The fraction of sp³-hybridized carbons (Fsp3) is 0.0345. The van der Waals surface area contributed by atoms with Crippen LogP contribution >= 0.6 is 11.6 Å². The van der Waals surface area contributed by atoms with E-state index in [1.807, 2.05) is 89.1 Å². The van der Waals surface area contributed by atoms with Gasteiger partial charge in [-0.15, -0.1) is 10.2 Å². The molecule has 38 heavy (non-hydrogen) atoms. The largest absolute Gasteiger partial charge is 0.454 e. The second-order valence-corrected chi connectivity index (χ2v) is 9.41. The minimum atomic E-state index is -0.202. The zero-order chi connectivity index (χ0) is 25.8. The molecule has 1 amide bonds. The number of carbonyl (C=O) groups excluding carboxylic acids is 1. The van der Waals surface area contributed by atoms with Gasteiger partial charge in [0.2, 0.25) is 0 Å². The normalized spacial score (nSPS) is 12.4. The first kappa shape index (κ1) is 22.3. The summed E-state index contributed by atoms with van der Waals surface area (Å²) in [7, 11) is 1.96. The quantitative estimate of drug-likeness (QED) is 0.280. The Kier molecular flexibility index (Phi) is 5.02. The highest BCUT2D eigenvalue weighted by Crippen LogP contribution is 2.39. The lowest BCUT2D eigenvalue weighted by Gasteiger charge is -2.21. The summed E-state index contributed by atoms with van der Waals surface area (Å²) in [6.07, 6.45) is 1.63. The van der Waals surface area contributed by atoms with E-state index >= 15 is 0 Å². The van der Waals surface area contributed by atoms with Crippen molar-refractivity contribution in [2.24, 2.45) is 0 Å². The molecule has 3 heterocycles. The van der Waals surface area contributed by atoms with Crippen LogP contribution in [0, 0.1) is 0 Å². The van der Waals surface area contributed by atoms with Crippen molar-refractivity contribution in [3.8, 4) is 22.6 Å². The summed E-state index contributed by atoms with van der Waals surface area (Å²) in [4.78, 5) is 19.6. The van der Waals surface area contributed by atoms with E-state index in [1.54, 1.807) is 12.4 Å². The number of rotatable bonds is 3. The standard InChI is InChI=1S/C29H19ClN6O2/c1-35(27-21-12-10-19(30)15-24(21)36-16-31-34-29(36)33-27)20-6-4-5-17(13-20)18-9-11-22-26(14-18)38-25-8-3-2-7-23(25)32-28(22)37/h2-16H,1H3,(H,32,37). The van der Waals surface area contributed by atoms with E-state index in [0.717, 1.165) is 33.5 Å². The van der Waals surface area contributed by atoms with Crippen LogP contribution in [0.15, 0.2) is 91.3 Å². The summed E-state index contributed by atoms with van der Waals surface area (Å²) >= 11 is 6.30. The van der Waals surface area contributed by atoms with Gasteiger partial charge in [0.15, 0.2) is 5.75 Å². The molecule has 1 N–H and O–H groups in total. The third-order valence-corrected chi connectivity index (χ3v) is 6.90. The molecule has 0 spiro atoms. The molecule has 0 saturated carbocycles. The van der Waals surface area contributed by atoms with Crippen LogP contribution in [0.2, 0.25) is 5.02 Å². The first-order valence-corrected chi connectivity index (χ1v) is 12.3. The molecule has 6 aromatic rings. The maximum Gasteiger partial charge on any atom is 0.259 e. The van der Waals surface area contributed by atoms with E-state index in [1.165, 1.54) is 0 Å². The first-order chi connectivity index (χ1) is 18.5. The average Bonchev–Trinajstić information content (AvgIpc) is 3.37. The highest BCUT2D eigenvalue weighted by Gasteiger charge is 2.21. The Labute approximate surface area is 222 Å². The topological polar surface area (TPSA) is 84.6 Å². The molecule has 0 atom stereocenters. The highest BCUT2D eigenvalue weighted by atomic mass is 35.5.